The number of rotatable bonds is 5. The normalized spacial score (nSPS) is 13.3. The number of hydrogen-bond acceptors (Lipinski definition) is 4. The lowest BCUT2D eigenvalue weighted by Crippen LogP contribution is -2.36. The van der Waals surface area contributed by atoms with E-state index in [1.165, 1.54) is 6.92 Å². The molecule has 1 unspecified atom stereocenters. The van der Waals surface area contributed by atoms with E-state index in [1.54, 1.807) is 19.9 Å². The number of anilines is 1. The van der Waals surface area contributed by atoms with Crippen molar-refractivity contribution in [3.8, 4) is 0 Å². The Morgan fingerprint density at radius 1 is 1.22 bits per heavy atom. The number of pyridine rings is 1. The third-order valence-electron chi connectivity index (χ3n) is 3.91. The summed E-state index contributed by atoms with van der Waals surface area (Å²) in [5.74, 6) is -0.517. The van der Waals surface area contributed by atoms with Crippen molar-refractivity contribution in [1.29, 1.82) is 0 Å². The Labute approximate surface area is 137 Å². The van der Waals surface area contributed by atoms with Gasteiger partial charge < -0.3 is 5.32 Å². The van der Waals surface area contributed by atoms with Crippen molar-refractivity contribution in [3.05, 3.63) is 36.0 Å². The average molecular weight is 334 g/mol. The predicted octanol–water partition coefficient (Wildman–Crippen LogP) is 2.95. The van der Waals surface area contributed by atoms with Crippen molar-refractivity contribution < 1.29 is 13.2 Å². The minimum atomic E-state index is -3.49. The van der Waals surface area contributed by atoms with Crippen molar-refractivity contribution in [2.75, 3.05) is 5.32 Å². The van der Waals surface area contributed by atoms with Gasteiger partial charge in [0.25, 0.3) is 0 Å². The molecule has 1 amide bonds. The number of sulfone groups is 1. The summed E-state index contributed by atoms with van der Waals surface area (Å²) < 4.78 is 24.4. The van der Waals surface area contributed by atoms with Crippen LogP contribution in [-0.4, -0.2) is 29.8 Å². The molecule has 5 nitrogen and oxygen atoms in total. The average Bonchev–Trinajstić information content (AvgIpc) is 2.53. The number of aromatic nitrogens is 1. The number of carbonyl (C=O) groups excluding carboxylic acids is 1. The first-order valence-corrected chi connectivity index (χ1v) is 9.30. The molecule has 2 rings (SSSR count). The molecule has 2 aromatic rings. The van der Waals surface area contributed by atoms with Gasteiger partial charge >= 0.3 is 0 Å². The second-order valence-corrected chi connectivity index (χ2v) is 8.63. The predicted molar refractivity (Wildman–Crippen MR) is 93.3 cm³/mol. The van der Waals surface area contributed by atoms with Gasteiger partial charge in [0.15, 0.2) is 9.84 Å². The summed E-state index contributed by atoms with van der Waals surface area (Å²) in [7, 11) is -3.49. The molecule has 0 saturated heterocycles. The number of hydrogen-bond donors (Lipinski definition) is 1. The van der Waals surface area contributed by atoms with E-state index >= 15 is 0 Å². The maximum Gasteiger partial charge on any atom is 0.242 e. The van der Waals surface area contributed by atoms with Gasteiger partial charge in [-0.2, -0.15) is 0 Å². The van der Waals surface area contributed by atoms with E-state index in [0.29, 0.717) is 5.69 Å². The molecule has 0 spiro atoms. The molecule has 1 atom stereocenters. The number of fused-ring (bicyclic) bond motifs is 1. The number of nitrogens with one attached hydrogen (secondary N) is 1. The maximum absolute atomic E-state index is 12.4. The third kappa shape index (κ3) is 3.52. The quantitative estimate of drug-likeness (QED) is 0.912. The first kappa shape index (κ1) is 17.4. The molecule has 0 radical (unpaired) electrons. The lowest BCUT2D eigenvalue weighted by Gasteiger charge is -2.17. The van der Waals surface area contributed by atoms with Crippen LogP contribution < -0.4 is 5.32 Å². The molecule has 0 bridgehead atoms. The number of carbonyl (C=O) groups is 1. The minimum absolute atomic E-state index is 0.517. The molecule has 23 heavy (non-hydrogen) atoms. The number of benzene rings is 1. The Kier molecular flexibility index (Phi) is 5.04. The molecule has 0 saturated carbocycles. The standard InChI is InChI=1S/C17H22N2O3S/c1-5-13-10-16(14-8-6-7-9-15(14)18-13)19-17(20)12(4)23(21,22)11(2)3/h6-12H,5H2,1-4H3,(H,18,19,20). The smallest absolute Gasteiger partial charge is 0.242 e. The maximum atomic E-state index is 12.4. The molecule has 1 heterocycles. The zero-order valence-corrected chi connectivity index (χ0v) is 14.6. The molecule has 0 fully saturated rings. The molecule has 1 aromatic carbocycles. The number of nitrogens with zero attached hydrogens (tertiary/aromatic N) is 1. The molecular weight excluding hydrogens is 312 g/mol. The minimum Gasteiger partial charge on any atom is -0.324 e. The van der Waals surface area contributed by atoms with E-state index in [-0.39, 0.29) is 0 Å². The summed E-state index contributed by atoms with van der Waals surface area (Å²) in [6.07, 6.45) is 0.730. The number of amides is 1. The summed E-state index contributed by atoms with van der Waals surface area (Å²) in [5.41, 5.74) is 2.23. The molecule has 124 valence electrons. The second kappa shape index (κ2) is 6.66. The van der Waals surface area contributed by atoms with Crippen LogP contribution >= 0.6 is 0 Å². The zero-order valence-electron chi connectivity index (χ0n) is 13.8. The summed E-state index contributed by atoms with van der Waals surface area (Å²) in [5, 5.41) is 1.87. The largest absolute Gasteiger partial charge is 0.324 e. The van der Waals surface area contributed by atoms with E-state index in [0.717, 1.165) is 23.0 Å². The Morgan fingerprint density at radius 3 is 2.48 bits per heavy atom. The van der Waals surface area contributed by atoms with Crippen LogP contribution in [0.25, 0.3) is 10.9 Å². The Balaban J connectivity index is 2.40. The van der Waals surface area contributed by atoms with Gasteiger partial charge in [0.1, 0.15) is 5.25 Å². The summed E-state index contributed by atoms with van der Waals surface area (Å²) >= 11 is 0. The topological polar surface area (TPSA) is 76.1 Å². The molecule has 0 aliphatic carbocycles. The molecule has 1 N–H and O–H groups in total. The van der Waals surface area contributed by atoms with E-state index in [1.807, 2.05) is 31.2 Å². The molecule has 1 aromatic heterocycles. The molecule has 0 aliphatic rings. The molecule has 0 aliphatic heterocycles. The third-order valence-corrected chi connectivity index (χ3v) is 6.42. The van der Waals surface area contributed by atoms with Crippen LogP contribution in [0.15, 0.2) is 30.3 Å². The highest BCUT2D eigenvalue weighted by Crippen LogP contribution is 2.24. The van der Waals surface area contributed by atoms with Gasteiger partial charge in [0.05, 0.1) is 16.5 Å². The van der Waals surface area contributed by atoms with Gasteiger partial charge in [-0.1, -0.05) is 25.1 Å². The van der Waals surface area contributed by atoms with Crippen LogP contribution in [0.5, 0.6) is 0 Å². The van der Waals surface area contributed by atoms with Crippen molar-refractivity contribution in [2.45, 2.75) is 44.6 Å². The van der Waals surface area contributed by atoms with Crippen molar-refractivity contribution in [1.82, 2.24) is 4.98 Å². The first-order valence-electron chi connectivity index (χ1n) is 7.69. The highest BCUT2D eigenvalue weighted by molar-refractivity contribution is 7.93. The highest BCUT2D eigenvalue weighted by atomic mass is 32.2. The van der Waals surface area contributed by atoms with Gasteiger partial charge in [-0.3, -0.25) is 9.78 Å². The fourth-order valence-corrected chi connectivity index (χ4v) is 3.48. The lowest BCUT2D eigenvalue weighted by molar-refractivity contribution is -0.115. The van der Waals surface area contributed by atoms with Crippen molar-refractivity contribution in [3.63, 3.8) is 0 Å². The van der Waals surface area contributed by atoms with Gasteiger partial charge in [0, 0.05) is 11.1 Å². The first-order chi connectivity index (χ1) is 10.8. The van der Waals surface area contributed by atoms with E-state index in [2.05, 4.69) is 10.3 Å². The zero-order chi connectivity index (χ0) is 17.2. The van der Waals surface area contributed by atoms with E-state index in [4.69, 9.17) is 0 Å². The van der Waals surface area contributed by atoms with Gasteiger partial charge in [-0.25, -0.2) is 8.42 Å². The van der Waals surface area contributed by atoms with Crippen LogP contribution in [-0.2, 0) is 21.1 Å². The van der Waals surface area contributed by atoms with Gasteiger partial charge in [-0.05, 0) is 39.3 Å². The number of para-hydroxylation sites is 1. The summed E-state index contributed by atoms with van der Waals surface area (Å²) in [6, 6.07) is 9.28. The van der Waals surface area contributed by atoms with Crippen LogP contribution in [0.3, 0.4) is 0 Å². The van der Waals surface area contributed by atoms with Crippen molar-refractivity contribution >= 4 is 32.3 Å². The molecule has 6 heteroatoms. The Bertz CT molecular complexity index is 829. The lowest BCUT2D eigenvalue weighted by atomic mass is 10.1. The van der Waals surface area contributed by atoms with Gasteiger partial charge in [0.2, 0.25) is 5.91 Å². The van der Waals surface area contributed by atoms with Crippen LogP contribution in [0.2, 0.25) is 0 Å². The van der Waals surface area contributed by atoms with Crippen LogP contribution in [0, 0.1) is 0 Å². The Hall–Kier alpha value is -1.95. The highest BCUT2D eigenvalue weighted by Gasteiger charge is 2.31. The Morgan fingerprint density at radius 2 is 1.87 bits per heavy atom. The second-order valence-electron chi connectivity index (χ2n) is 5.80. The number of aryl methyl sites for hydroxylation is 1. The van der Waals surface area contributed by atoms with Crippen LogP contribution in [0.1, 0.15) is 33.4 Å². The monoisotopic (exact) mass is 334 g/mol. The van der Waals surface area contributed by atoms with Crippen LogP contribution in [0.4, 0.5) is 5.69 Å². The van der Waals surface area contributed by atoms with E-state index in [9.17, 15) is 13.2 Å². The fourth-order valence-electron chi connectivity index (χ4n) is 2.31. The molecular formula is C17H22N2O3S. The van der Waals surface area contributed by atoms with Crippen molar-refractivity contribution in [2.24, 2.45) is 0 Å². The van der Waals surface area contributed by atoms with E-state index < -0.39 is 26.2 Å². The summed E-state index contributed by atoms with van der Waals surface area (Å²) in [4.78, 5) is 16.9. The van der Waals surface area contributed by atoms with Gasteiger partial charge in [-0.15, -0.1) is 0 Å². The SMILES string of the molecule is CCc1cc(NC(=O)C(C)S(=O)(=O)C(C)C)c2ccccc2n1. The fraction of sp³-hybridized carbons (Fsp3) is 0.412. The summed E-state index contributed by atoms with van der Waals surface area (Å²) in [6.45, 7) is 6.57.